The van der Waals surface area contributed by atoms with Gasteiger partial charge in [0.1, 0.15) is 5.75 Å². The third-order valence-corrected chi connectivity index (χ3v) is 4.17. The number of aliphatic hydroxyl groups is 1. The molecule has 1 aromatic carbocycles. The fourth-order valence-electron chi connectivity index (χ4n) is 2.60. The standard InChI is InChI=1S/C14H20ClNO2/c1-14(17,10-5-7-16-8-6-10)11-3-4-13(18-2)12(15)9-11/h3-4,9-10,16-17H,5-8H2,1-2H3. The van der Waals surface area contributed by atoms with E-state index >= 15 is 0 Å². The maximum atomic E-state index is 10.8. The van der Waals surface area contributed by atoms with Crippen molar-refractivity contribution in [3.05, 3.63) is 28.8 Å². The van der Waals surface area contributed by atoms with Gasteiger partial charge in [-0.15, -0.1) is 0 Å². The summed E-state index contributed by atoms with van der Waals surface area (Å²) in [7, 11) is 1.59. The highest BCUT2D eigenvalue weighted by atomic mass is 35.5. The molecule has 1 aromatic rings. The Morgan fingerprint density at radius 2 is 2.06 bits per heavy atom. The number of ether oxygens (including phenoxy) is 1. The lowest BCUT2D eigenvalue weighted by molar-refractivity contribution is -0.0186. The molecule has 1 fully saturated rings. The van der Waals surface area contributed by atoms with Gasteiger partial charge in [-0.1, -0.05) is 17.7 Å². The highest BCUT2D eigenvalue weighted by molar-refractivity contribution is 6.32. The number of hydrogen-bond donors (Lipinski definition) is 2. The van der Waals surface area contributed by atoms with E-state index in [0.717, 1.165) is 31.5 Å². The van der Waals surface area contributed by atoms with Crippen molar-refractivity contribution in [1.29, 1.82) is 0 Å². The molecule has 0 saturated carbocycles. The van der Waals surface area contributed by atoms with Crippen LogP contribution in [0.2, 0.25) is 5.02 Å². The summed E-state index contributed by atoms with van der Waals surface area (Å²) in [6, 6.07) is 5.52. The quantitative estimate of drug-likeness (QED) is 0.886. The highest BCUT2D eigenvalue weighted by Crippen LogP contribution is 2.37. The smallest absolute Gasteiger partial charge is 0.137 e. The van der Waals surface area contributed by atoms with Crippen molar-refractivity contribution in [1.82, 2.24) is 5.32 Å². The van der Waals surface area contributed by atoms with Crippen LogP contribution < -0.4 is 10.1 Å². The van der Waals surface area contributed by atoms with Gasteiger partial charge in [0.25, 0.3) is 0 Å². The Kier molecular flexibility index (Phi) is 4.15. The van der Waals surface area contributed by atoms with E-state index in [1.54, 1.807) is 7.11 Å². The van der Waals surface area contributed by atoms with Gasteiger partial charge >= 0.3 is 0 Å². The average molecular weight is 270 g/mol. The molecule has 1 atom stereocenters. The maximum absolute atomic E-state index is 10.8. The topological polar surface area (TPSA) is 41.5 Å². The number of methoxy groups -OCH3 is 1. The number of halogens is 1. The van der Waals surface area contributed by atoms with Crippen LogP contribution in [0.3, 0.4) is 0 Å². The molecule has 18 heavy (non-hydrogen) atoms. The van der Waals surface area contributed by atoms with Gasteiger partial charge in [0.15, 0.2) is 0 Å². The predicted octanol–water partition coefficient (Wildman–Crippen LogP) is 2.56. The van der Waals surface area contributed by atoms with Crippen LogP contribution in [-0.4, -0.2) is 25.3 Å². The van der Waals surface area contributed by atoms with Crippen LogP contribution in [0.15, 0.2) is 18.2 Å². The Balaban J connectivity index is 2.25. The van der Waals surface area contributed by atoms with Crippen molar-refractivity contribution >= 4 is 11.6 Å². The number of rotatable bonds is 3. The molecule has 1 aliphatic rings. The lowest BCUT2D eigenvalue weighted by atomic mass is 9.78. The van der Waals surface area contributed by atoms with Crippen LogP contribution in [0.4, 0.5) is 0 Å². The van der Waals surface area contributed by atoms with Crippen molar-refractivity contribution < 1.29 is 9.84 Å². The summed E-state index contributed by atoms with van der Waals surface area (Å²) in [4.78, 5) is 0. The summed E-state index contributed by atoms with van der Waals surface area (Å²) in [5.41, 5.74) is 0.0260. The third-order valence-electron chi connectivity index (χ3n) is 3.87. The molecule has 0 aliphatic carbocycles. The van der Waals surface area contributed by atoms with Crippen LogP contribution in [-0.2, 0) is 5.60 Å². The molecule has 0 radical (unpaired) electrons. The molecule has 0 aromatic heterocycles. The molecular weight excluding hydrogens is 250 g/mol. The monoisotopic (exact) mass is 269 g/mol. The number of benzene rings is 1. The van der Waals surface area contributed by atoms with Gasteiger partial charge in [-0.25, -0.2) is 0 Å². The minimum atomic E-state index is -0.835. The molecule has 0 bridgehead atoms. The minimum absolute atomic E-state index is 0.267. The van der Waals surface area contributed by atoms with Gasteiger partial charge in [-0.2, -0.15) is 0 Å². The van der Waals surface area contributed by atoms with E-state index in [1.807, 2.05) is 25.1 Å². The predicted molar refractivity (Wildman–Crippen MR) is 73.2 cm³/mol. The Bertz CT molecular complexity index is 414. The summed E-state index contributed by atoms with van der Waals surface area (Å²) in [6.07, 6.45) is 1.97. The van der Waals surface area contributed by atoms with E-state index in [2.05, 4.69) is 5.32 Å². The number of piperidine rings is 1. The van der Waals surface area contributed by atoms with E-state index in [4.69, 9.17) is 16.3 Å². The van der Waals surface area contributed by atoms with Crippen LogP contribution in [0.1, 0.15) is 25.3 Å². The summed E-state index contributed by atoms with van der Waals surface area (Å²) in [5, 5.41) is 14.6. The van der Waals surface area contributed by atoms with Gasteiger partial charge < -0.3 is 15.2 Å². The van der Waals surface area contributed by atoms with E-state index in [0.29, 0.717) is 10.8 Å². The lowest BCUT2D eigenvalue weighted by Gasteiger charge is -2.36. The molecular formula is C14H20ClNO2. The summed E-state index contributed by atoms with van der Waals surface area (Å²) < 4.78 is 5.13. The van der Waals surface area contributed by atoms with E-state index in [1.165, 1.54) is 0 Å². The molecule has 4 heteroatoms. The molecule has 3 nitrogen and oxygen atoms in total. The van der Waals surface area contributed by atoms with Crippen molar-refractivity contribution in [2.75, 3.05) is 20.2 Å². The second-order valence-corrected chi connectivity index (χ2v) is 5.43. The lowest BCUT2D eigenvalue weighted by Crippen LogP contribution is -2.39. The number of nitrogens with one attached hydrogen (secondary N) is 1. The molecule has 0 spiro atoms. The molecule has 100 valence electrons. The molecule has 1 aliphatic heterocycles. The van der Waals surface area contributed by atoms with Crippen molar-refractivity contribution in [2.24, 2.45) is 5.92 Å². The fourth-order valence-corrected chi connectivity index (χ4v) is 2.86. The van der Waals surface area contributed by atoms with E-state index in [9.17, 15) is 5.11 Å². The molecule has 2 rings (SSSR count). The fraction of sp³-hybridized carbons (Fsp3) is 0.571. The largest absolute Gasteiger partial charge is 0.495 e. The first-order valence-electron chi connectivity index (χ1n) is 6.33. The maximum Gasteiger partial charge on any atom is 0.137 e. The second-order valence-electron chi connectivity index (χ2n) is 5.02. The van der Waals surface area contributed by atoms with Crippen LogP contribution in [0, 0.1) is 5.92 Å². The zero-order valence-electron chi connectivity index (χ0n) is 10.9. The number of hydrogen-bond acceptors (Lipinski definition) is 3. The van der Waals surface area contributed by atoms with Gasteiger partial charge in [-0.05, 0) is 56.5 Å². The van der Waals surface area contributed by atoms with Gasteiger partial charge in [0, 0.05) is 0 Å². The van der Waals surface area contributed by atoms with E-state index < -0.39 is 5.60 Å². The van der Waals surface area contributed by atoms with Gasteiger partial charge in [0.05, 0.1) is 17.7 Å². The van der Waals surface area contributed by atoms with Crippen molar-refractivity contribution in [3.8, 4) is 5.75 Å². The summed E-state index contributed by atoms with van der Waals surface area (Å²) in [6.45, 7) is 3.80. The van der Waals surface area contributed by atoms with Gasteiger partial charge in [0.2, 0.25) is 0 Å². The van der Waals surface area contributed by atoms with Crippen molar-refractivity contribution in [2.45, 2.75) is 25.4 Å². The van der Waals surface area contributed by atoms with Crippen LogP contribution in [0.5, 0.6) is 5.75 Å². The van der Waals surface area contributed by atoms with E-state index in [-0.39, 0.29) is 5.92 Å². The first-order valence-corrected chi connectivity index (χ1v) is 6.70. The molecule has 1 unspecified atom stereocenters. The van der Waals surface area contributed by atoms with Crippen LogP contribution in [0.25, 0.3) is 0 Å². The highest BCUT2D eigenvalue weighted by Gasteiger charge is 2.34. The second kappa shape index (κ2) is 5.47. The first kappa shape index (κ1) is 13.7. The normalized spacial score (nSPS) is 20.4. The molecule has 0 amide bonds. The first-order chi connectivity index (χ1) is 8.55. The summed E-state index contributed by atoms with van der Waals surface area (Å²) >= 11 is 6.13. The molecule has 1 saturated heterocycles. The third kappa shape index (κ3) is 2.63. The average Bonchev–Trinajstić information content (AvgIpc) is 2.39. The Morgan fingerprint density at radius 3 is 2.61 bits per heavy atom. The Labute approximate surface area is 113 Å². The summed E-state index contributed by atoms with van der Waals surface area (Å²) in [5.74, 6) is 0.907. The van der Waals surface area contributed by atoms with Crippen LogP contribution >= 0.6 is 11.6 Å². The Hall–Kier alpha value is -0.770. The van der Waals surface area contributed by atoms with Crippen molar-refractivity contribution in [3.63, 3.8) is 0 Å². The SMILES string of the molecule is COc1ccc(C(C)(O)C2CCNCC2)cc1Cl. The van der Waals surface area contributed by atoms with Gasteiger partial charge in [-0.3, -0.25) is 0 Å². The molecule has 1 heterocycles. The zero-order valence-corrected chi connectivity index (χ0v) is 11.6. The minimum Gasteiger partial charge on any atom is -0.495 e. The zero-order chi connectivity index (χ0) is 13.2. The molecule has 2 N–H and O–H groups in total. The Morgan fingerprint density at radius 1 is 1.39 bits per heavy atom.